The molecule has 3 amide bonds. The molecule has 5 atom stereocenters. The lowest BCUT2D eigenvalue weighted by Gasteiger charge is -2.37. The van der Waals surface area contributed by atoms with Crippen molar-refractivity contribution >= 4 is 35.0 Å². The third-order valence-electron chi connectivity index (χ3n) is 7.26. The topological polar surface area (TPSA) is 69.7 Å². The maximum Gasteiger partial charge on any atom is 0.250 e. The molecule has 0 radical (unpaired) electrons. The quantitative estimate of drug-likeness (QED) is 0.773. The number of benzene rings is 1. The molecule has 0 bridgehead atoms. The van der Waals surface area contributed by atoms with E-state index in [0.29, 0.717) is 23.7 Å². The van der Waals surface area contributed by atoms with Crippen LogP contribution in [-0.4, -0.2) is 46.1 Å². The lowest BCUT2D eigenvalue weighted by molar-refractivity contribution is -0.147. The number of aryl methyl sites for hydroxylation is 1. The Morgan fingerprint density at radius 3 is 2.75 bits per heavy atom. The van der Waals surface area contributed by atoms with Crippen LogP contribution in [0.3, 0.4) is 0 Å². The summed E-state index contributed by atoms with van der Waals surface area (Å²) >= 11 is 6.46. The zero-order valence-electron chi connectivity index (χ0n) is 16.3. The van der Waals surface area contributed by atoms with Crippen molar-refractivity contribution in [2.75, 3.05) is 11.9 Å². The van der Waals surface area contributed by atoms with Crippen LogP contribution >= 0.6 is 11.6 Å². The molecule has 7 heteroatoms. The van der Waals surface area contributed by atoms with Gasteiger partial charge in [0.1, 0.15) is 5.54 Å². The molecule has 1 N–H and O–H groups in total. The number of carbonyl (C=O) groups is 3. The van der Waals surface area contributed by atoms with Crippen molar-refractivity contribution in [1.29, 1.82) is 0 Å². The van der Waals surface area contributed by atoms with E-state index < -0.39 is 17.4 Å². The van der Waals surface area contributed by atoms with E-state index in [2.05, 4.69) is 10.2 Å². The molecule has 0 aromatic heterocycles. The highest BCUT2D eigenvalue weighted by molar-refractivity contribution is 6.35. The first kappa shape index (κ1) is 18.1. The molecule has 0 saturated carbocycles. The molecule has 1 aromatic rings. The van der Waals surface area contributed by atoms with Crippen LogP contribution in [0, 0.1) is 18.8 Å². The third-order valence-corrected chi connectivity index (χ3v) is 7.56. The molecule has 5 unspecified atom stereocenters. The van der Waals surface area contributed by atoms with Gasteiger partial charge in [0, 0.05) is 17.6 Å². The number of anilines is 1. The van der Waals surface area contributed by atoms with Gasteiger partial charge in [0.2, 0.25) is 11.8 Å². The summed E-state index contributed by atoms with van der Waals surface area (Å²) in [6.45, 7) is 6.51. The van der Waals surface area contributed by atoms with Crippen molar-refractivity contribution < 1.29 is 14.4 Å². The van der Waals surface area contributed by atoms with Gasteiger partial charge in [-0.25, -0.2) is 0 Å². The highest BCUT2D eigenvalue weighted by Gasteiger charge is 2.74. The van der Waals surface area contributed by atoms with Crippen molar-refractivity contribution in [1.82, 2.24) is 9.80 Å². The summed E-state index contributed by atoms with van der Waals surface area (Å²) in [5.41, 5.74) is 1.15. The number of carbonyl (C=O) groups excluding carboxylic acids is 3. The number of imide groups is 1. The minimum Gasteiger partial charge on any atom is -0.323 e. The second kappa shape index (κ2) is 5.80. The summed E-state index contributed by atoms with van der Waals surface area (Å²) in [7, 11) is 0. The average molecular weight is 402 g/mol. The van der Waals surface area contributed by atoms with Gasteiger partial charge in [-0.15, -0.1) is 0 Å². The van der Waals surface area contributed by atoms with Gasteiger partial charge in [0.05, 0.1) is 22.5 Å². The maximum absolute atomic E-state index is 13.6. The summed E-state index contributed by atoms with van der Waals surface area (Å²) in [5.74, 6) is -1.68. The number of halogens is 1. The summed E-state index contributed by atoms with van der Waals surface area (Å²) in [6, 6.07) is 3.54. The molecule has 4 aliphatic heterocycles. The highest BCUT2D eigenvalue weighted by Crippen LogP contribution is 2.61. The lowest BCUT2D eigenvalue weighted by Crippen LogP contribution is -2.54. The largest absolute Gasteiger partial charge is 0.323 e. The molecule has 148 valence electrons. The van der Waals surface area contributed by atoms with Crippen molar-refractivity contribution in [3.8, 4) is 0 Å². The summed E-state index contributed by atoms with van der Waals surface area (Å²) in [6.07, 6.45) is 2.45. The fraction of sp³-hybridized carbons (Fsp3) is 0.571. The number of rotatable bonds is 2. The lowest BCUT2D eigenvalue weighted by atomic mass is 9.75. The zero-order valence-corrected chi connectivity index (χ0v) is 17.0. The van der Waals surface area contributed by atoms with Crippen LogP contribution in [0.15, 0.2) is 12.1 Å². The fourth-order valence-corrected chi connectivity index (χ4v) is 6.36. The Morgan fingerprint density at radius 1 is 1.29 bits per heavy atom. The predicted octanol–water partition coefficient (Wildman–Crippen LogP) is 2.67. The van der Waals surface area contributed by atoms with Crippen LogP contribution < -0.4 is 5.32 Å². The van der Waals surface area contributed by atoms with Crippen molar-refractivity contribution in [2.24, 2.45) is 11.8 Å². The van der Waals surface area contributed by atoms with E-state index in [1.54, 1.807) is 0 Å². The van der Waals surface area contributed by atoms with Crippen LogP contribution in [-0.2, 0) is 19.9 Å². The minimum atomic E-state index is -1.13. The second-order valence-corrected chi connectivity index (χ2v) is 9.01. The molecule has 28 heavy (non-hydrogen) atoms. The van der Waals surface area contributed by atoms with Crippen molar-refractivity contribution in [3.63, 3.8) is 0 Å². The molecular weight excluding hydrogens is 378 g/mol. The molecule has 3 saturated heterocycles. The monoisotopic (exact) mass is 401 g/mol. The van der Waals surface area contributed by atoms with Gasteiger partial charge in [-0.1, -0.05) is 24.6 Å². The van der Waals surface area contributed by atoms with Crippen LogP contribution in [0.25, 0.3) is 0 Å². The number of amides is 3. The Labute approximate surface area is 169 Å². The number of nitrogens with zero attached hydrogens (tertiary/aromatic N) is 2. The Bertz CT molecular complexity index is 932. The summed E-state index contributed by atoms with van der Waals surface area (Å²) in [5, 5.41) is 3.43. The van der Waals surface area contributed by atoms with E-state index in [0.717, 1.165) is 24.0 Å². The molecule has 5 rings (SSSR count). The van der Waals surface area contributed by atoms with E-state index in [9.17, 15) is 14.4 Å². The Morgan fingerprint density at radius 2 is 2.04 bits per heavy atom. The molecule has 0 aliphatic carbocycles. The molecule has 6 nitrogen and oxygen atoms in total. The van der Waals surface area contributed by atoms with E-state index in [1.165, 1.54) is 4.90 Å². The number of likely N-dealkylation sites (tertiary alicyclic amines) is 1. The fourth-order valence-electron chi connectivity index (χ4n) is 6.03. The first-order chi connectivity index (χ1) is 13.3. The standard InChI is InChI=1S/C21H24ClN3O3/c1-4-11(3)25-18(26)15-14-6-5-7-24(14)21(16(15)19(25)27)12-8-10(2)9-13(22)17(12)23-20(21)28/h8-9,11,14-16H,4-7H2,1-3H3,(H,23,28). The molecule has 4 aliphatic rings. The van der Waals surface area contributed by atoms with Gasteiger partial charge in [-0.05, 0) is 51.3 Å². The van der Waals surface area contributed by atoms with Crippen LogP contribution in [0.2, 0.25) is 5.02 Å². The molecular formula is C21H24ClN3O3. The van der Waals surface area contributed by atoms with Gasteiger partial charge in [-0.2, -0.15) is 0 Å². The van der Waals surface area contributed by atoms with Gasteiger partial charge in [0.15, 0.2) is 0 Å². The normalized spacial score (nSPS) is 34.8. The summed E-state index contributed by atoms with van der Waals surface area (Å²) in [4.78, 5) is 44.0. The van der Waals surface area contributed by atoms with Gasteiger partial charge in [-0.3, -0.25) is 24.2 Å². The maximum atomic E-state index is 13.6. The van der Waals surface area contributed by atoms with Crippen LogP contribution in [0.4, 0.5) is 5.69 Å². The molecule has 3 fully saturated rings. The number of fused-ring (bicyclic) bond motifs is 7. The SMILES string of the molecule is CCC(C)N1C(=O)C2C3CCCN3C3(C(=O)Nc4c(Cl)cc(C)cc43)C2C1=O. The zero-order chi connectivity index (χ0) is 20.0. The number of nitrogens with one attached hydrogen (secondary N) is 1. The number of hydrogen-bond donors (Lipinski definition) is 1. The van der Waals surface area contributed by atoms with Gasteiger partial charge < -0.3 is 5.32 Å². The first-order valence-corrected chi connectivity index (χ1v) is 10.5. The third kappa shape index (κ3) is 1.90. The molecule has 1 aromatic carbocycles. The van der Waals surface area contributed by atoms with Crippen molar-refractivity contribution in [3.05, 3.63) is 28.3 Å². The average Bonchev–Trinajstić information content (AvgIpc) is 3.34. The van der Waals surface area contributed by atoms with Gasteiger partial charge in [0.25, 0.3) is 5.91 Å². The van der Waals surface area contributed by atoms with E-state index in [-0.39, 0.29) is 29.8 Å². The Hall–Kier alpha value is -1.92. The smallest absolute Gasteiger partial charge is 0.250 e. The molecule has 1 spiro atoms. The highest BCUT2D eigenvalue weighted by atomic mass is 35.5. The Balaban J connectivity index is 1.76. The van der Waals surface area contributed by atoms with E-state index in [1.807, 2.05) is 32.9 Å². The molecule has 4 heterocycles. The van der Waals surface area contributed by atoms with Crippen LogP contribution in [0.1, 0.15) is 44.2 Å². The van der Waals surface area contributed by atoms with Gasteiger partial charge >= 0.3 is 0 Å². The van der Waals surface area contributed by atoms with E-state index >= 15 is 0 Å². The van der Waals surface area contributed by atoms with Crippen molar-refractivity contribution in [2.45, 2.75) is 57.7 Å². The Kier molecular flexibility index (Phi) is 3.75. The van der Waals surface area contributed by atoms with Crippen LogP contribution in [0.5, 0.6) is 0 Å². The number of hydrogen-bond acceptors (Lipinski definition) is 4. The summed E-state index contributed by atoms with van der Waals surface area (Å²) < 4.78 is 0. The van der Waals surface area contributed by atoms with E-state index in [4.69, 9.17) is 11.6 Å². The first-order valence-electron chi connectivity index (χ1n) is 10.1. The minimum absolute atomic E-state index is 0.0773. The predicted molar refractivity (Wildman–Crippen MR) is 105 cm³/mol. The second-order valence-electron chi connectivity index (χ2n) is 8.60.